The van der Waals surface area contributed by atoms with Crippen LogP contribution in [0.5, 0.6) is 11.5 Å². The molecule has 0 radical (unpaired) electrons. The Balaban J connectivity index is 1.70. The standard InChI is InChI=1S/C25H23FN2O6S/c1-33-20-12-7-16(13-21(20)34-2)23-14-25(30)28(19-5-3-4-6-22(19)35(23,31)32)15-24(29)27-18-10-8-17(26)9-11-18/h3-13,23H,14-15H2,1-2H3,(H,27,29)/t23-/m0/s1. The average molecular weight is 499 g/mol. The van der Waals surface area contributed by atoms with Gasteiger partial charge < -0.3 is 19.7 Å². The van der Waals surface area contributed by atoms with Crippen LogP contribution in [0.1, 0.15) is 17.2 Å². The van der Waals surface area contributed by atoms with Gasteiger partial charge in [-0.3, -0.25) is 9.59 Å². The van der Waals surface area contributed by atoms with Gasteiger partial charge in [0.15, 0.2) is 21.3 Å². The Bertz CT molecular complexity index is 1370. The number of fused-ring (bicyclic) bond motifs is 1. The molecule has 2 amide bonds. The summed E-state index contributed by atoms with van der Waals surface area (Å²) in [5.74, 6) is -0.783. The number of carbonyl (C=O) groups excluding carboxylic acids is 2. The van der Waals surface area contributed by atoms with Crippen LogP contribution in [0.3, 0.4) is 0 Å². The Morgan fingerprint density at radius 2 is 1.71 bits per heavy atom. The van der Waals surface area contributed by atoms with E-state index in [1.54, 1.807) is 24.3 Å². The number of methoxy groups -OCH3 is 2. The third kappa shape index (κ3) is 4.83. The van der Waals surface area contributed by atoms with Crippen LogP contribution in [0.15, 0.2) is 71.6 Å². The molecule has 4 rings (SSSR count). The first-order valence-corrected chi connectivity index (χ1v) is 12.2. The van der Waals surface area contributed by atoms with Gasteiger partial charge >= 0.3 is 0 Å². The summed E-state index contributed by atoms with van der Waals surface area (Å²) in [6.45, 7) is -0.415. The van der Waals surface area contributed by atoms with Crippen LogP contribution in [0, 0.1) is 5.82 Å². The topological polar surface area (TPSA) is 102 Å². The number of para-hydroxylation sites is 1. The van der Waals surface area contributed by atoms with E-state index in [-0.39, 0.29) is 17.0 Å². The van der Waals surface area contributed by atoms with Crippen LogP contribution in [0.4, 0.5) is 15.8 Å². The Labute approximate surface area is 202 Å². The minimum atomic E-state index is -4.01. The molecule has 1 heterocycles. The minimum absolute atomic E-state index is 0.0554. The molecule has 0 spiro atoms. The molecule has 0 fully saturated rings. The van der Waals surface area contributed by atoms with Crippen molar-refractivity contribution in [1.29, 1.82) is 0 Å². The molecule has 1 aliphatic rings. The third-order valence-corrected chi connectivity index (χ3v) is 7.85. The normalized spacial score (nSPS) is 16.7. The lowest BCUT2D eigenvalue weighted by atomic mass is 10.1. The second-order valence-corrected chi connectivity index (χ2v) is 9.95. The molecule has 10 heteroatoms. The average Bonchev–Trinajstić information content (AvgIpc) is 2.93. The molecule has 0 aliphatic carbocycles. The summed E-state index contributed by atoms with van der Waals surface area (Å²) in [5.41, 5.74) is 0.834. The SMILES string of the molecule is COc1ccc([C@@H]2CC(=O)N(CC(=O)Nc3ccc(F)cc3)c3ccccc3S2(=O)=O)cc1OC. The van der Waals surface area contributed by atoms with Crippen LogP contribution in [-0.2, 0) is 19.4 Å². The minimum Gasteiger partial charge on any atom is -0.493 e. The summed E-state index contributed by atoms with van der Waals surface area (Å²) >= 11 is 0. The molecule has 1 aliphatic heterocycles. The number of rotatable bonds is 6. The zero-order valence-electron chi connectivity index (χ0n) is 19.0. The van der Waals surface area contributed by atoms with Crippen molar-refractivity contribution in [3.05, 3.63) is 78.1 Å². The van der Waals surface area contributed by atoms with Gasteiger partial charge in [-0.1, -0.05) is 18.2 Å². The van der Waals surface area contributed by atoms with Gasteiger partial charge in [0.05, 0.1) is 30.1 Å². The van der Waals surface area contributed by atoms with E-state index in [0.717, 1.165) is 4.90 Å². The van der Waals surface area contributed by atoms with E-state index >= 15 is 0 Å². The second-order valence-electron chi connectivity index (χ2n) is 7.85. The molecule has 1 N–H and O–H groups in total. The summed E-state index contributed by atoms with van der Waals surface area (Å²) in [6.07, 6.45) is -0.379. The highest BCUT2D eigenvalue weighted by atomic mass is 32.2. The molecular weight excluding hydrogens is 475 g/mol. The number of nitrogens with zero attached hydrogens (tertiary/aromatic N) is 1. The fourth-order valence-electron chi connectivity index (χ4n) is 3.99. The predicted molar refractivity (Wildman–Crippen MR) is 128 cm³/mol. The van der Waals surface area contributed by atoms with Crippen molar-refractivity contribution in [3.8, 4) is 11.5 Å². The van der Waals surface area contributed by atoms with Crippen LogP contribution in [-0.4, -0.2) is 41.0 Å². The van der Waals surface area contributed by atoms with Crippen LogP contribution >= 0.6 is 0 Å². The van der Waals surface area contributed by atoms with E-state index in [1.807, 2.05) is 0 Å². The Hall–Kier alpha value is -3.92. The number of ether oxygens (including phenoxy) is 2. The van der Waals surface area contributed by atoms with Crippen molar-refractivity contribution in [1.82, 2.24) is 0 Å². The van der Waals surface area contributed by atoms with E-state index in [2.05, 4.69) is 5.32 Å². The van der Waals surface area contributed by atoms with Gasteiger partial charge in [-0.25, -0.2) is 12.8 Å². The van der Waals surface area contributed by atoms with Gasteiger partial charge in [0.2, 0.25) is 11.8 Å². The van der Waals surface area contributed by atoms with E-state index in [4.69, 9.17) is 9.47 Å². The Kier molecular flexibility index (Phi) is 6.74. The summed E-state index contributed by atoms with van der Waals surface area (Å²) in [4.78, 5) is 27.2. The van der Waals surface area contributed by atoms with Gasteiger partial charge in [-0.2, -0.15) is 0 Å². The van der Waals surface area contributed by atoms with Gasteiger partial charge in [-0.05, 0) is 54.1 Å². The zero-order chi connectivity index (χ0) is 25.2. The lowest BCUT2D eigenvalue weighted by Crippen LogP contribution is -2.38. The molecule has 182 valence electrons. The second kappa shape index (κ2) is 9.75. The first-order chi connectivity index (χ1) is 16.7. The van der Waals surface area contributed by atoms with Crippen molar-refractivity contribution < 1.29 is 31.9 Å². The highest BCUT2D eigenvalue weighted by Crippen LogP contribution is 2.42. The number of hydrogen-bond donors (Lipinski definition) is 1. The van der Waals surface area contributed by atoms with Gasteiger partial charge in [-0.15, -0.1) is 0 Å². The van der Waals surface area contributed by atoms with E-state index in [0.29, 0.717) is 22.7 Å². The van der Waals surface area contributed by atoms with Gasteiger partial charge in [0, 0.05) is 12.1 Å². The van der Waals surface area contributed by atoms with Crippen molar-refractivity contribution in [3.63, 3.8) is 0 Å². The summed E-state index contributed by atoms with van der Waals surface area (Å²) < 4.78 is 51.1. The molecule has 3 aromatic carbocycles. The molecular formula is C25H23FN2O6S. The van der Waals surface area contributed by atoms with Crippen molar-refractivity contribution >= 4 is 33.0 Å². The number of amides is 2. The summed E-state index contributed by atoms with van der Waals surface area (Å²) in [5, 5.41) is 1.41. The van der Waals surface area contributed by atoms with E-state index in [1.165, 1.54) is 56.7 Å². The zero-order valence-corrected chi connectivity index (χ0v) is 19.8. The Morgan fingerprint density at radius 1 is 1.03 bits per heavy atom. The lowest BCUT2D eigenvalue weighted by molar-refractivity contribution is -0.121. The van der Waals surface area contributed by atoms with Crippen LogP contribution < -0.4 is 19.7 Å². The number of halogens is 1. The maximum Gasteiger partial charge on any atom is 0.244 e. The maximum atomic E-state index is 13.7. The number of anilines is 2. The quantitative estimate of drug-likeness (QED) is 0.556. The monoisotopic (exact) mass is 498 g/mol. The van der Waals surface area contributed by atoms with Crippen LogP contribution in [0.25, 0.3) is 0 Å². The highest BCUT2D eigenvalue weighted by Gasteiger charge is 2.40. The molecule has 35 heavy (non-hydrogen) atoms. The first kappa shape index (κ1) is 24.2. The smallest absolute Gasteiger partial charge is 0.244 e. The molecule has 3 aromatic rings. The van der Waals surface area contributed by atoms with E-state index in [9.17, 15) is 22.4 Å². The third-order valence-electron chi connectivity index (χ3n) is 5.71. The van der Waals surface area contributed by atoms with Crippen molar-refractivity contribution in [2.75, 3.05) is 31.0 Å². The largest absolute Gasteiger partial charge is 0.493 e. The van der Waals surface area contributed by atoms with Crippen molar-refractivity contribution in [2.45, 2.75) is 16.6 Å². The summed E-state index contributed by atoms with van der Waals surface area (Å²) in [6, 6.07) is 16.0. The maximum absolute atomic E-state index is 13.7. The lowest BCUT2D eigenvalue weighted by Gasteiger charge is -2.21. The number of sulfone groups is 1. The van der Waals surface area contributed by atoms with E-state index < -0.39 is 39.3 Å². The molecule has 8 nitrogen and oxygen atoms in total. The molecule has 0 bridgehead atoms. The first-order valence-electron chi connectivity index (χ1n) is 10.6. The fraction of sp³-hybridized carbons (Fsp3) is 0.200. The predicted octanol–water partition coefficient (Wildman–Crippen LogP) is 3.73. The number of nitrogens with one attached hydrogen (secondary N) is 1. The molecule has 0 saturated heterocycles. The number of hydrogen-bond acceptors (Lipinski definition) is 6. The highest BCUT2D eigenvalue weighted by molar-refractivity contribution is 7.92. The van der Waals surface area contributed by atoms with Crippen molar-refractivity contribution in [2.24, 2.45) is 0 Å². The number of carbonyl (C=O) groups is 2. The molecule has 0 saturated carbocycles. The van der Waals surface area contributed by atoms with Crippen LogP contribution in [0.2, 0.25) is 0 Å². The summed E-state index contributed by atoms with van der Waals surface area (Å²) in [7, 11) is -1.11. The molecule has 1 atom stereocenters. The van der Waals surface area contributed by atoms with Gasteiger partial charge in [0.25, 0.3) is 0 Å². The number of benzene rings is 3. The molecule has 0 aromatic heterocycles. The Morgan fingerprint density at radius 3 is 2.40 bits per heavy atom. The molecule has 0 unspecified atom stereocenters. The van der Waals surface area contributed by atoms with Gasteiger partial charge in [0.1, 0.15) is 12.4 Å². The fourth-order valence-corrected chi connectivity index (χ4v) is 5.90.